The van der Waals surface area contributed by atoms with Gasteiger partial charge in [0.1, 0.15) is 5.82 Å². The molecule has 2 nitrogen and oxygen atoms in total. The summed E-state index contributed by atoms with van der Waals surface area (Å²) in [5.74, 6) is 0.214. The molecule has 0 bridgehead atoms. The topological polar surface area (TPSA) is 24.1 Å². The number of rotatable bonds is 4. The van der Waals surface area contributed by atoms with Crippen molar-refractivity contribution in [3.05, 3.63) is 35.6 Å². The molecule has 0 amide bonds. The molecule has 1 heterocycles. The van der Waals surface area contributed by atoms with Gasteiger partial charge in [-0.1, -0.05) is 19.1 Å². The molecule has 1 aromatic carbocycles. The normalized spacial score (nSPS) is 18.5. The van der Waals surface area contributed by atoms with Gasteiger partial charge in [0.05, 0.1) is 0 Å². The standard InChI is InChI=1S/C12H17FN2/c1-9(6-15-12-7-14-8-12)10-3-2-4-11(13)5-10/h2-5,9,12,14-15H,6-8H2,1H3. The quantitative estimate of drug-likeness (QED) is 0.783. The molecule has 1 fully saturated rings. The second-order valence-electron chi connectivity index (χ2n) is 4.22. The van der Waals surface area contributed by atoms with E-state index < -0.39 is 0 Å². The van der Waals surface area contributed by atoms with Gasteiger partial charge in [-0.05, 0) is 23.6 Å². The predicted molar refractivity (Wildman–Crippen MR) is 59.5 cm³/mol. The molecular formula is C12H17FN2. The monoisotopic (exact) mass is 208 g/mol. The Kier molecular flexibility index (Phi) is 3.34. The molecule has 82 valence electrons. The van der Waals surface area contributed by atoms with Crippen molar-refractivity contribution in [2.75, 3.05) is 19.6 Å². The van der Waals surface area contributed by atoms with Crippen molar-refractivity contribution in [1.82, 2.24) is 10.6 Å². The van der Waals surface area contributed by atoms with E-state index in [1.165, 1.54) is 6.07 Å². The van der Waals surface area contributed by atoms with E-state index >= 15 is 0 Å². The maximum Gasteiger partial charge on any atom is 0.123 e. The van der Waals surface area contributed by atoms with E-state index in [0.717, 1.165) is 25.2 Å². The Bertz CT molecular complexity index is 323. The van der Waals surface area contributed by atoms with E-state index in [9.17, 15) is 4.39 Å². The molecule has 1 atom stereocenters. The van der Waals surface area contributed by atoms with Crippen molar-refractivity contribution in [2.24, 2.45) is 0 Å². The highest BCUT2D eigenvalue weighted by Crippen LogP contribution is 2.15. The molecule has 1 aliphatic heterocycles. The van der Waals surface area contributed by atoms with Crippen LogP contribution in [0, 0.1) is 5.82 Å². The molecule has 0 aliphatic carbocycles. The summed E-state index contributed by atoms with van der Waals surface area (Å²) in [6.07, 6.45) is 0. The molecule has 15 heavy (non-hydrogen) atoms. The Balaban J connectivity index is 1.86. The molecule has 2 rings (SSSR count). The van der Waals surface area contributed by atoms with Crippen LogP contribution in [0.5, 0.6) is 0 Å². The van der Waals surface area contributed by atoms with E-state index in [2.05, 4.69) is 17.6 Å². The first kappa shape index (κ1) is 10.6. The molecule has 0 spiro atoms. The average molecular weight is 208 g/mol. The predicted octanol–water partition coefficient (Wildman–Crippen LogP) is 1.49. The van der Waals surface area contributed by atoms with Crippen LogP contribution >= 0.6 is 0 Å². The lowest BCUT2D eigenvalue weighted by Gasteiger charge is -2.29. The van der Waals surface area contributed by atoms with E-state index in [0.29, 0.717) is 12.0 Å². The molecule has 1 unspecified atom stereocenters. The van der Waals surface area contributed by atoms with Gasteiger partial charge >= 0.3 is 0 Å². The highest BCUT2D eigenvalue weighted by atomic mass is 19.1. The lowest BCUT2D eigenvalue weighted by Crippen LogP contribution is -2.55. The van der Waals surface area contributed by atoms with Gasteiger partial charge in [-0.2, -0.15) is 0 Å². The third-order valence-electron chi connectivity index (χ3n) is 2.91. The minimum absolute atomic E-state index is 0.148. The summed E-state index contributed by atoms with van der Waals surface area (Å²) in [5, 5.41) is 6.66. The fourth-order valence-electron chi connectivity index (χ4n) is 1.71. The van der Waals surface area contributed by atoms with Gasteiger partial charge in [0.25, 0.3) is 0 Å². The van der Waals surface area contributed by atoms with E-state index in [1.54, 1.807) is 12.1 Å². The number of benzene rings is 1. The maximum atomic E-state index is 13.0. The Morgan fingerprint density at radius 1 is 1.53 bits per heavy atom. The summed E-state index contributed by atoms with van der Waals surface area (Å²) in [5.41, 5.74) is 1.06. The molecule has 1 aromatic rings. The zero-order valence-electron chi connectivity index (χ0n) is 8.96. The van der Waals surface area contributed by atoms with Gasteiger partial charge in [-0.3, -0.25) is 0 Å². The van der Waals surface area contributed by atoms with Crippen LogP contribution in [0.25, 0.3) is 0 Å². The van der Waals surface area contributed by atoms with Crippen molar-refractivity contribution in [3.8, 4) is 0 Å². The van der Waals surface area contributed by atoms with Gasteiger partial charge in [-0.15, -0.1) is 0 Å². The molecule has 2 N–H and O–H groups in total. The average Bonchev–Trinajstić information content (AvgIpc) is 2.15. The van der Waals surface area contributed by atoms with Crippen LogP contribution in [-0.2, 0) is 0 Å². The fourth-order valence-corrected chi connectivity index (χ4v) is 1.71. The Hall–Kier alpha value is -0.930. The van der Waals surface area contributed by atoms with Crippen LogP contribution < -0.4 is 10.6 Å². The largest absolute Gasteiger partial charge is 0.314 e. The second-order valence-corrected chi connectivity index (χ2v) is 4.22. The lowest BCUT2D eigenvalue weighted by molar-refractivity contribution is 0.360. The first-order valence-corrected chi connectivity index (χ1v) is 5.45. The zero-order chi connectivity index (χ0) is 10.7. The number of hydrogen-bond acceptors (Lipinski definition) is 2. The van der Waals surface area contributed by atoms with Gasteiger partial charge in [0, 0.05) is 25.7 Å². The Morgan fingerprint density at radius 3 is 2.93 bits per heavy atom. The van der Waals surface area contributed by atoms with Crippen molar-refractivity contribution in [3.63, 3.8) is 0 Å². The van der Waals surface area contributed by atoms with Gasteiger partial charge in [0.2, 0.25) is 0 Å². The number of nitrogens with one attached hydrogen (secondary N) is 2. The minimum atomic E-state index is -0.148. The first-order chi connectivity index (χ1) is 7.25. The molecule has 0 radical (unpaired) electrons. The molecule has 1 aliphatic rings. The number of hydrogen-bond donors (Lipinski definition) is 2. The van der Waals surface area contributed by atoms with Crippen molar-refractivity contribution in [1.29, 1.82) is 0 Å². The smallest absolute Gasteiger partial charge is 0.123 e. The fraction of sp³-hybridized carbons (Fsp3) is 0.500. The van der Waals surface area contributed by atoms with Gasteiger partial charge in [-0.25, -0.2) is 4.39 Å². The van der Waals surface area contributed by atoms with Crippen LogP contribution in [0.4, 0.5) is 4.39 Å². The molecule has 1 saturated heterocycles. The van der Waals surface area contributed by atoms with Crippen LogP contribution in [0.15, 0.2) is 24.3 Å². The first-order valence-electron chi connectivity index (χ1n) is 5.45. The van der Waals surface area contributed by atoms with Crippen LogP contribution in [0.2, 0.25) is 0 Å². The summed E-state index contributed by atoms with van der Waals surface area (Å²) < 4.78 is 13.0. The van der Waals surface area contributed by atoms with Gasteiger partial charge < -0.3 is 10.6 Å². The van der Waals surface area contributed by atoms with Gasteiger partial charge in [0.15, 0.2) is 0 Å². The van der Waals surface area contributed by atoms with Crippen LogP contribution in [0.1, 0.15) is 18.4 Å². The third kappa shape index (κ3) is 2.76. The Labute approximate surface area is 89.9 Å². The minimum Gasteiger partial charge on any atom is -0.314 e. The lowest BCUT2D eigenvalue weighted by atomic mass is 10.0. The third-order valence-corrected chi connectivity index (χ3v) is 2.91. The van der Waals surface area contributed by atoms with Crippen molar-refractivity contribution >= 4 is 0 Å². The number of halogens is 1. The highest BCUT2D eigenvalue weighted by Gasteiger charge is 2.16. The van der Waals surface area contributed by atoms with E-state index in [4.69, 9.17) is 0 Å². The van der Waals surface area contributed by atoms with Crippen molar-refractivity contribution in [2.45, 2.75) is 18.9 Å². The van der Waals surface area contributed by atoms with Crippen LogP contribution in [0.3, 0.4) is 0 Å². The second kappa shape index (κ2) is 4.73. The van der Waals surface area contributed by atoms with Crippen LogP contribution in [-0.4, -0.2) is 25.7 Å². The highest BCUT2D eigenvalue weighted by molar-refractivity contribution is 5.20. The SMILES string of the molecule is CC(CNC1CNC1)c1cccc(F)c1. The molecule has 0 saturated carbocycles. The molecule has 0 aromatic heterocycles. The molecule has 3 heteroatoms. The molecular weight excluding hydrogens is 191 g/mol. The summed E-state index contributed by atoms with van der Waals surface area (Å²) in [6.45, 7) is 5.13. The summed E-state index contributed by atoms with van der Waals surface area (Å²) >= 11 is 0. The summed E-state index contributed by atoms with van der Waals surface area (Å²) in [7, 11) is 0. The summed E-state index contributed by atoms with van der Waals surface area (Å²) in [4.78, 5) is 0. The maximum absolute atomic E-state index is 13.0. The van der Waals surface area contributed by atoms with E-state index in [1.807, 2.05) is 6.07 Å². The van der Waals surface area contributed by atoms with Crippen molar-refractivity contribution < 1.29 is 4.39 Å². The summed E-state index contributed by atoms with van der Waals surface area (Å²) in [6, 6.07) is 7.45. The zero-order valence-corrected chi connectivity index (χ0v) is 8.96. The Morgan fingerprint density at radius 2 is 2.33 bits per heavy atom. The van der Waals surface area contributed by atoms with E-state index in [-0.39, 0.29) is 5.82 Å².